The third-order valence-electron chi connectivity index (χ3n) is 4.36. The van der Waals surface area contributed by atoms with Gasteiger partial charge >= 0.3 is 0 Å². The maximum atomic E-state index is 13.0. The molecule has 1 N–H and O–H groups in total. The van der Waals surface area contributed by atoms with E-state index in [1.54, 1.807) is 17.9 Å². The Bertz CT molecular complexity index is 946. The summed E-state index contributed by atoms with van der Waals surface area (Å²) in [4.78, 5) is 23.5. The quantitative estimate of drug-likeness (QED) is 0.630. The van der Waals surface area contributed by atoms with E-state index in [4.69, 9.17) is 11.6 Å². The molecule has 0 saturated carbocycles. The van der Waals surface area contributed by atoms with Gasteiger partial charge < -0.3 is 10.2 Å². The molecule has 5 nitrogen and oxygen atoms in total. The smallest absolute Gasteiger partial charge is 0.272 e. The number of amides is 1. The molecule has 144 valence electrons. The Labute approximate surface area is 170 Å². The number of carbonyl (C=O) groups excluding carboxylic acids is 1. The van der Waals surface area contributed by atoms with Crippen LogP contribution >= 0.6 is 11.6 Å². The first kappa shape index (κ1) is 19.8. The largest absolute Gasteiger partial charge is 0.366 e. The van der Waals surface area contributed by atoms with E-state index >= 15 is 0 Å². The fourth-order valence-corrected chi connectivity index (χ4v) is 3.09. The number of aromatic nitrogens is 2. The number of benzene rings is 2. The molecule has 0 aliphatic carbocycles. The maximum absolute atomic E-state index is 13.0. The van der Waals surface area contributed by atoms with Gasteiger partial charge in [-0.05, 0) is 31.0 Å². The van der Waals surface area contributed by atoms with Gasteiger partial charge in [0.15, 0.2) is 0 Å². The first-order valence-electron chi connectivity index (χ1n) is 9.23. The van der Waals surface area contributed by atoms with E-state index < -0.39 is 0 Å². The fraction of sp³-hybridized carbons (Fsp3) is 0.227. The van der Waals surface area contributed by atoms with Crippen molar-refractivity contribution in [2.75, 3.05) is 11.9 Å². The standard InChI is InChI=1S/C22H23ClN4O/c1-3-27(15-17-9-5-4-6-10-17)22(28)20-13-21(26-16(2)25-20)24-14-18-11-7-8-12-19(18)23/h4-13H,3,14-15H2,1-2H3,(H,24,25,26). The van der Waals surface area contributed by atoms with E-state index in [2.05, 4.69) is 15.3 Å². The molecule has 0 bridgehead atoms. The topological polar surface area (TPSA) is 58.1 Å². The predicted molar refractivity (Wildman–Crippen MR) is 112 cm³/mol. The third-order valence-corrected chi connectivity index (χ3v) is 4.73. The van der Waals surface area contributed by atoms with E-state index in [1.807, 2.05) is 61.5 Å². The van der Waals surface area contributed by atoms with Gasteiger partial charge in [-0.1, -0.05) is 60.1 Å². The van der Waals surface area contributed by atoms with Crippen LogP contribution in [0.5, 0.6) is 0 Å². The molecule has 0 atom stereocenters. The Hall–Kier alpha value is -2.92. The second kappa shape index (κ2) is 9.33. The monoisotopic (exact) mass is 394 g/mol. The van der Waals surface area contributed by atoms with Crippen molar-refractivity contribution in [3.63, 3.8) is 0 Å². The van der Waals surface area contributed by atoms with E-state index in [1.165, 1.54) is 0 Å². The summed E-state index contributed by atoms with van der Waals surface area (Å²) < 4.78 is 0. The van der Waals surface area contributed by atoms with Gasteiger partial charge in [0.05, 0.1) is 0 Å². The number of hydrogen-bond donors (Lipinski definition) is 1. The summed E-state index contributed by atoms with van der Waals surface area (Å²) in [7, 11) is 0. The van der Waals surface area contributed by atoms with Gasteiger partial charge in [0.1, 0.15) is 17.3 Å². The van der Waals surface area contributed by atoms with Crippen molar-refractivity contribution in [2.24, 2.45) is 0 Å². The van der Waals surface area contributed by atoms with Crippen molar-refractivity contribution in [3.05, 3.63) is 88.3 Å². The Morgan fingerprint density at radius 2 is 1.79 bits per heavy atom. The van der Waals surface area contributed by atoms with E-state index in [0.29, 0.717) is 42.0 Å². The first-order valence-corrected chi connectivity index (χ1v) is 9.60. The molecule has 0 aliphatic heterocycles. The molecule has 1 aromatic heterocycles. The average molecular weight is 395 g/mol. The highest BCUT2D eigenvalue weighted by molar-refractivity contribution is 6.31. The van der Waals surface area contributed by atoms with Crippen LogP contribution in [0.1, 0.15) is 34.4 Å². The molecule has 0 aliphatic rings. The molecule has 1 heterocycles. The lowest BCUT2D eigenvalue weighted by Gasteiger charge is -2.21. The summed E-state index contributed by atoms with van der Waals surface area (Å²) in [5, 5.41) is 3.93. The molecule has 3 rings (SSSR count). The van der Waals surface area contributed by atoms with Crippen LogP contribution in [0.3, 0.4) is 0 Å². The first-order chi connectivity index (χ1) is 13.6. The number of carbonyl (C=O) groups is 1. The molecule has 6 heteroatoms. The molecule has 28 heavy (non-hydrogen) atoms. The SMILES string of the molecule is CCN(Cc1ccccc1)C(=O)c1cc(NCc2ccccc2Cl)nc(C)n1. The minimum atomic E-state index is -0.113. The van der Waals surface area contributed by atoms with Gasteiger partial charge in [-0.15, -0.1) is 0 Å². The average Bonchev–Trinajstić information content (AvgIpc) is 2.71. The van der Waals surface area contributed by atoms with Crippen LogP contribution < -0.4 is 5.32 Å². The molecule has 0 saturated heterocycles. The minimum absolute atomic E-state index is 0.113. The van der Waals surface area contributed by atoms with Crippen LogP contribution in [-0.4, -0.2) is 27.3 Å². The molecule has 0 fully saturated rings. The number of nitrogens with zero attached hydrogens (tertiary/aromatic N) is 3. The molecular formula is C22H23ClN4O. The minimum Gasteiger partial charge on any atom is -0.366 e. The van der Waals surface area contributed by atoms with Crippen molar-refractivity contribution >= 4 is 23.3 Å². The lowest BCUT2D eigenvalue weighted by molar-refractivity contribution is 0.0746. The van der Waals surface area contributed by atoms with Crippen molar-refractivity contribution in [3.8, 4) is 0 Å². The highest BCUT2D eigenvalue weighted by Crippen LogP contribution is 2.17. The number of hydrogen-bond acceptors (Lipinski definition) is 4. The van der Waals surface area contributed by atoms with Gasteiger partial charge in [-0.2, -0.15) is 0 Å². The maximum Gasteiger partial charge on any atom is 0.272 e. The normalized spacial score (nSPS) is 10.5. The summed E-state index contributed by atoms with van der Waals surface area (Å²) in [6, 6.07) is 19.3. The van der Waals surface area contributed by atoms with Crippen molar-refractivity contribution < 1.29 is 4.79 Å². The van der Waals surface area contributed by atoms with Crippen molar-refractivity contribution in [1.29, 1.82) is 0 Å². The zero-order valence-corrected chi connectivity index (χ0v) is 16.8. The van der Waals surface area contributed by atoms with Crippen LogP contribution in [0.4, 0.5) is 5.82 Å². The van der Waals surface area contributed by atoms with Crippen molar-refractivity contribution in [2.45, 2.75) is 26.9 Å². The van der Waals surface area contributed by atoms with Crippen LogP contribution in [0.2, 0.25) is 5.02 Å². The Kier molecular flexibility index (Phi) is 6.61. The lowest BCUT2D eigenvalue weighted by atomic mass is 10.2. The summed E-state index contributed by atoms with van der Waals surface area (Å²) >= 11 is 6.21. The molecule has 3 aromatic rings. The summed E-state index contributed by atoms with van der Waals surface area (Å²) in [6.45, 7) is 5.41. The third kappa shape index (κ3) is 5.08. The zero-order valence-electron chi connectivity index (χ0n) is 16.0. The van der Waals surface area contributed by atoms with Gasteiger partial charge in [0, 0.05) is 30.7 Å². The molecular weight excluding hydrogens is 372 g/mol. The number of rotatable bonds is 7. The number of halogens is 1. The highest BCUT2D eigenvalue weighted by atomic mass is 35.5. The molecule has 0 spiro atoms. The van der Waals surface area contributed by atoms with E-state index in [0.717, 1.165) is 11.1 Å². The van der Waals surface area contributed by atoms with Gasteiger partial charge in [0.2, 0.25) is 0 Å². The Morgan fingerprint density at radius 3 is 2.50 bits per heavy atom. The van der Waals surface area contributed by atoms with E-state index in [-0.39, 0.29) is 5.91 Å². The highest BCUT2D eigenvalue weighted by Gasteiger charge is 2.17. The van der Waals surface area contributed by atoms with Crippen molar-refractivity contribution in [1.82, 2.24) is 14.9 Å². The molecule has 0 unspecified atom stereocenters. The summed E-state index contributed by atoms with van der Waals surface area (Å²) in [5.41, 5.74) is 2.43. The van der Waals surface area contributed by atoms with Gasteiger partial charge in [-0.25, -0.2) is 9.97 Å². The second-order valence-corrected chi connectivity index (χ2v) is 6.84. The fourth-order valence-electron chi connectivity index (χ4n) is 2.89. The Morgan fingerprint density at radius 1 is 1.07 bits per heavy atom. The number of aryl methyl sites for hydroxylation is 1. The molecule has 0 radical (unpaired) electrons. The zero-order chi connectivity index (χ0) is 19.9. The summed E-state index contributed by atoms with van der Waals surface area (Å²) in [6.07, 6.45) is 0. The predicted octanol–water partition coefficient (Wildman–Crippen LogP) is 4.71. The Balaban J connectivity index is 1.75. The summed E-state index contributed by atoms with van der Waals surface area (Å²) in [5.74, 6) is 1.03. The van der Waals surface area contributed by atoms with Crippen LogP contribution in [0.15, 0.2) is 60.7 Å². The second-order valence-electron chi connectivity index (χ2n) is 6.44. The molecule has 2 aromatic carbocycles. The molecule has 1 amide bonds. The van der Waals surface area contributed by atoms with Crippen LogP contribution in [-0.2, 0) is 13.1 Å². The van der Waals surface area contributed by atoms with Crippen LogP contribution in [0, 0.1) is 6.92 Å². The van der Waals surface area contributed by atoms with E-state index in [9.17, 15) is 4.79 Å². The lowest BCUT2D eigenvalue weighted by Crippen LogP contribution is -2.31. The number of anilines is 1. The van der Waals surface area contributed by atoms with Gasteiger partial charge in [-0.3, -0.25) is 4.79 Å². The number of nitrogens with one attached hydrogen (secondary N) is 1. The van der Waals surface area contributed by atoms with Crippen LogP contribution in [0.25, 0.3) is 0 Å². The van der Waals surface area contributed by atoms with Gasteiger partial charge in [0.25, 0.3) is 5.91 Å².